The molecule has 23 heavy (non-hydrogen) atoms. The van der Waals surface area contributed by atoms with Crippen molar-refractivity contribution < 1.29 is 9.59 Å². The number of carbonyl (C=O) groups excluding carboxylic acids is 2. The predicted molar refractivity (Wildman–Crippen MR) is 91.5 cm³/mol. The average Bonchev–Trinajstić information content (AvgIpc) is 3.22. The maximum Gasteiger partial charge on any atom is 0.318 e. The Kier molecular flexibility index (Phi) is 4.62. The molecule has 0 aliphatic carbocycles. The zero-order valence-corrected chi connectivity index (χ0v) is 13.8. The van der Waals surface area contributed by atoms with Crippen molar-refractivity contribution in [3.63, 3.8) is 0 Å². The molecule has 1 saturated heterocycles. The minimum absolute atomic E-state index is 0.0237. The van der Waals surface area contributed by atoms with Crippen LogP contribution in [0.5, 0.6) is 0 Å². The Hall–Kier alpha value is -2.34. The average molecular weight is 329 g/mol. The lowest BCUT2D eigenvalue weighted by molar-refractivity contribution is -0.120. The molecule has 0 spiro atoms. The Balaban J connectivity index is 1.60. The number of hydrogen-bond acceptors (Lipinski definition) is 3. The van der Waals surface area contributed by atoms with Gasteiger partial charge >= 0.3 is 6.03 Å². The van der Waals surface area contributed by atoms with Crippen molar-refractivity contribution in [2.45, 2.75) is 19.0 Å². The highest BCUT2D eigenvalue weighted by Crippen LogP contribution is 2.23. The summed E-state index contributed by atoms with van der Waals surface area (Å²) in [6.07, 6.45) is 0.649. The number of likely N-dealkylation sites (N-methyl/N-ethyl adjacent to an activating group) is 1. The van der Waals surface area contributed by atoms with Crippen LogP contribution in [-0.2, 0) is 11.3 Å². The number of nitrogens with one attached hydrogen (secondary N) is 1. The summed E-state index contributed by atoms with van der Waals surface area (Å²) in [5.74, 6) is -0.0237. The van der Waals surface area contributed by atoms with E-state index in [1.165, 1.54) is 4.90 Å². The molecule has 120 valence electrons. The van der Waals surface area contributed by atoms with E-state index in [2.05, 4.69) is 5.32 Å². The Labute approximate surface area is 139 Å². The molecule has 5 nitrogen and oxygen atoms in total. The molecular weight excluding hydrogens is 310 g/mol. The van der Waals surface area contributed by atoms with Gasteiger partial charge in [0.15, 0.2) is 0 Å². The van der Waals surface area contributed by atoms with E-state index in [1.54, 1.807) is 23.3 Å². The number of amides is 3. The smallest absolute Gasteiger partial charge is 0.318 e. The number of urea groups is 1. The summed E-state index contributed by atoms with van der Waals surface area (Å²) in [6.45, 7) is 1.12. The second kappa shape index (κ2) is 6.83. The highest BCUT2D eigenvalue weighted by molar-refractivity contribution is 7.07. The van der Waals surface area contributed by atoms with Crippen LogP contribution in [0, 0.1) is 0 Å². The fraction of sp³-hybridized carbons (Fsp3) is 0.294. The van der Waals surface area contributed by atoms with Crippen LogP contribution in [0.15, 0.2) is 47.2 Å². The van der Waals surface area contributed by atoms with E-state index in [0.29, 0.717) is 19.5 Å². The number of thiophene rings is 1. The summed E-state index contributed by atoms with van der Waals surface area (Å²) >= 11 is 1.60. The van der Waals surface area contributed by atoms with Crippen LogP contribution in [0.4, 0.5) is 10.5 Å². The molecule has 0 unspecified atom stereocenters. The first-order chi connectivity index (χ1) is 11.2. The van der Waals surface area contributed by atoms with Gasteiger partial charge in [-0.15, -0.1) is 0 Å². The van der Waals surface area contributed by atoms with Crippen LogP contribution in [0.1, 0.15) is 12.0 Å². The molecule has 2 heterocycles. The SMILES string of the molecule is CN(C(=O)NCc1ccsc1)[C@@H]1CCN(c2ccccc2)C1=O. The highest BCUT2D eigenvalue weighted by Gasteiger charge is 2.37. The number of benzene rings is 1. The monoisotopic (exact) mass is 329 g/mol. The van der Waals surface area contributed by atoms with Crippen molar-refractivity contribution >= 4 is 29.0 Å². The van der Waals surface area contributed by atoms with Crippen LogP contribution in [-0.4, -0.2) is 36.5 Å². The van der Waals surface area contributed by atoms with E-state index in [1.807, 2.05) is 47.2 Å². The fourth-order valence-electron chi connectivity index (χ4n) is 2.73. The summed E-state index contributed by atoms with van der Waals surface area (Å²) in [7, 11) is 1.68. The van der Waals surface area contributed by atoms with Crippen LogP contribution in [0.25, 0.3) is 0 Å². The number of carbonyl (C=O) groups is 2. The Morgan fingerprint density at radius 1 is 1.35 bits per heavy atom. The van der Waals surface area contributed by atoms with E-state index >= 15 is 0 Å². The molecular formula is C17H19N3O2S. The molecule has 2 aromatic rings. The molecule has 3 rings (SSSR count). The van der Waals surface area contributed by atoms with Crippen LogP contribution in [0.3, 0.4) is 0 Å². The minimum atomic E-state index is -0.405. The number of anilines is 1. The van der Waals surface area contributed by atoms with Gasteiger partial charge in [0, 0.05) is 25.8 Å². The van der Waals surface area contributed by atoms with Crippen LogP contribution in [0.2, 0.25) is 0 Å². The lowest BCUT2D eigenvalue weighted by Gasteiger charge is -2.24. The molecule has 0 bridgehead atoms. The van der Waals surface area contributed by atoms with Crippen molar-refractivity contribution in [2.75, 3.05) is 18.5 Å². The molecule has 1 aliphatic rings. The molecule has 1 N–H and O–H groups in total. The fourth-order valence-corrected chi connectivity index (χ4v) is 3.39. The van der Waals surface area contributed by atoms with Gasteiger partial charge in [-0.3, -0.25) is 4.79 Å². The molecule has 0 saturated carbocycles. The van der Waals surface area contributed by atoms with Gasteiger partial charge < -0.3 is 15.1 Å². The van der Waals surface area contributed by atoms with E-state index < -0.39 is 6.04 Å². The Morgan fingerprint density at radius 2 is 2.13 bits per heavy atom. The molecule has 6 heteroatoms. The molecule has 1 aliphatic heterocycles. The third kappa shape index (κ3) is 3.37. The lowest BCUT2D eigenvalue weighted by Crippen LogP contribution is -2.47. The van der Waals surface area contributed by atoms with Gasteiger partial charge in [0.25, 0.3) is 0 Å². The Bertz CT molecular complexity index is 672. The van der Waals surface area contributed by atoms with E-state index in [0.717, 1.165) is 11.3 Å². The van der Waals surface area contributed by atoms with E-state index in [-0.39, 0.29) is 11.9 Å². The number of hydrogen-bond donors (Lipinski definition) is 1. The van der Waals surface area contributed by atoms with Crippen molar-refractivity contribution in [1.29, 1.82) is 0 Å². The maximum absolute atomic E-state index is 12.6. The lowest BCUT2D eigenvalue weighted by atomic mass is 10.2. The molecule has 0 radical (unpaired) electrons. The number of para-hydroxylation sites is 1. The summed E-state index contributed by atoms with van der Waals surface area (Å²) in [5, 5.41) is 6.83. The highest BCUT2D eigenvalue weighted by atomic mass is 32.1. The summed E-state index contributed by atoms with van der Waals surface area (Å²) in [5.41, 5.74) is 1.95. The zero-order valence-electron chi connectivity index (χ0n) is 12.9. The van der Waals surface area contributed by atoms with Crippen molar-refractivity contribution in [1.82, 2.24) is 10.2 Å². The first-order valence-corrected chi connectivity index (χ1v) is 8.49. The van der Waals surface area contributed by atoms with Gasteiger partial charge in [0.2, 0.25) is 5.91 Å². The van der Waals surface area contributed by atoms with Crippen molar-refractivity contribution in [3.8, 4) is 0 Å². The van der Waals surface area contributed by atoms with Gasteiger partial charge in [-0.1, -0.05) is 18.2 Å². The van der Waals surface area contributed by atoms with Gasteiger partial charge in [-0.05, 0) is 40.9 Å². The quantitative estimate of drug-likeness (QED) is 0.938. The largest absolute Gasteiger partial charge is 0.334 e. The first kappa shape index (κ1) is 15.6. The normalized spacial score (nSPS) is 17.3. The van der Waals surface area contributed by atoms with Crippen LogP contribution < -0.4 is 10.2 Å². The zero-order chi connectivity index (χ0) is 16.2. The predicted octanol–water partition coefficient (Wildman–Crippen LogP) is 2.70. The molecule has 1 aromatic carbocycles. The third-order valence-electron chi connectivity index (χ3n) is 4.06. The molecule has 1 aromatic heterocycles. The second-order valence-corrected chi connectivity index (χ2v) is 6.31. The van der Waals surface area contributed by atoms with Crippen molar-refractivity contribution in [3.05, 3.63) is 52.7 Å². The summed E-state index contributed by atoms with van der Waals surface area (Å²) in [6, 6.07) is 10.9. The standard InChI is InChI=1S/C17H19N3O2S/c1-19(17(22)18-11-13-8-10-23-12-13)15-7-9-20(16(15)21)14-5-3-2-4-6-14/h2-6,8,10,12,15H,7,9,11H2,1H3,(H,18,22)/t15-/m1/s1. The molecule has 1 atom stereocenters. The topological polar surface area (TPSA) is 52.7 Å². The molecule has 1 fully saturated rings. The van der Waals surface area contributed by atoms with Gasteiger partial charge in [0.05, 0.1) is 0 Å². The Morgan fingerprint density at radius 3 is 2.83 bits per heavy atom. The van der Waals surface area contributed by atoms with E-state index in [4.69, 9.17) is 0 Å². The van der Waals surface area contributed by atoms with Gasteiger partial charge in [-0.25, -0.2) is 4.79 Å². The van der Waals surface area contributed by atoms with Gasteiger partial charge in [0.1, 0.15) is 6.04 Å². The second-order valence-electron chi connectivity index (χ2n) is 5.53. The van der Waals surface area contributed by atoms with E-state index in [9.17, 15) is 9.59 Å². The molecule has 3 amide bonds. The van der Waals surface area contributed by atoms with Crippen molar-refractivity contribution in [2.24, 2.45) is 0 Å². The number of rotatable bonds is 4. The number of nitrogens with zero attached hydrogens (tertiary/aromatic N) is 2. The summed E-state index contributed by atoms with van der Waals surface area (Å²) < 4.78 is 0. The van der Waals surface area contributed by atoms with Crippen LogP contribution >= 0.6 is 11.3 Å². The summed E-state index contributed by atoms with van der Waals surface area (Å²) in [4.78, 5) is 28.1. The maximum atomic E-state index is 12.6. The third-order valence-corrected chi connectivity index (χ3v) is 4.79. The van der Waals surface area contributed by atoms with Gasteiger partial charge in [-0.2, -0.15) is 11.3 Å². The minimum Gasteiger partial charge on any atom is -0.334 e. The first-order valence-electron chi connectivity index (χ1n) is 7.55.